The molecule has 1 aliphatic rings. The van der Waals surface area contributed by atoms with E-state index in [1.54, 1.807) is 12.4 Å². The second-order valence-corrected chi connectivity index (χ2v) is 7.67. The number of furan rings is 1. The van der Waals surface area contributed by atoms with Crippen LogP contribution in [0.2, 0.25) is 0 Å². The van der Waals surface area contributed by atoms with Crippen molar-refractivity contribution < 1.29 is 9.21 Å². The fourth-order valence-electron chi connectivity index (χ4n) is 3.91. The molecule has 29 heavy (non-hydrogen) atoms. The summed E-state index contributed by atoms with van der Waals surface area (Å²) in [6.45, 7) is 6.26. The first-order valence-electron chi connectivity index (χ1n) is 10.1. The molecule has 1 saturated heterocycles. The van der Waals surface area contributed by atoms with Gasteiger partial charge in [-0.3, -0.25) is 9.69 Å². The average Bonchev–Trinajstić information content (AvgIpc) is 3.39. The van der Waals surface area contributed by atoms with Crippen molar-refractivity contribution in [2.45, 2.75) is 39.2 Å². The van der Waals surface area contributed by atoms with Crippen LogP contribution in [-0.4, -0.2) is 38.7 Å². The van der Waals surface area contributed by atoms with E-state index >= 15 is 0 Å². The monoisotopic (exact) mass is 393 g/mol. The summed E-state index contributed by atoms with van der Waals surface area (Å²) in [5.74, 6) is 1.67. The maximum atomic E-state index is 12.8. The van der Waals surface area contributed by atoms with E-state index in [2.05, 4.69) is 27.3 Å². The van der Waals surface area contributed by atoms with E-state index in [0.717, 1.165) is 41.5 Å². The Labute approximate surface area is 170 Å². The molecule has 7 heteroatoms. The van der Waals surface area contributed by atoms with Crippen molar-refractivity contribution in [2.24, 2.45) is 7.05 Å². The molecule has 1 amide bonds. The first-order chi connectivity index (χ1) is 14.0. The van der Waals surface area contributed by atoms with Crippen LogP contribution in [0.25, 0.3) is 11.4 Å². The number of carbonyl (C=O) groups excluding carboxylic acids is 1. The summed E-state index contributed by atoms with van der Waals surface area (Å²) < 4.78 is 7.77. The molecule has 1 unspecified atom stereocenters. The van der Waals surface area contributed by atoms with Crippen molar-refractivity contribution in [3.63, 3.8) is 0 Å². The molecule has 3 aromatic rings. The molecule has 1 aromatic carbocycles. The van der Waals surface area contributed by atoms with Crippen LogP contribution in [0.4, 0.5) is 5.69 Å². The lowest BCUT2D eigenvalue weighted by atomic mass is 10.1. The number of aromatic nitrogens is 3. The number of anilines is 1. The number of hydrogen-bond acceptors (Lipinski definition) is 5. The largest absolute Gasteiger partial charge is 0.454 e. The molecule has 1 N–H and O–H groups in total. The molecule has 4 rings (SSSR count). The number of piperidine rings is 1. The summed E-state index contributed by atoms with van der Waals surface area (Å²) in [4.78, 5) is 15.2. The van der Waals surface area contributed by atoms with Crippen LogP contribution >= 0.6 is 0 Å². The highest BCUT2D eigenvalue weighted by Gasteiger charge is 2.22. The lowest BCUT2D eigenvalue weighted by Gasteiger charge is -2.31. The first kappa shape index (κ1) is 19.4. The van der Waals surface area contributed by atoms with Crippen LogP contribution in [0.15, 0.2) is 41.1 Å². The van der Waals surface area contributed by atoms with Gasteiger partial charge < -0.3 is 14.3 Å². The third kappa shape index (κ3) is 3.96. The second kappa shape index (κ2) is 8.21. The van der Waals surface area contributed by atoms with Crippen molar-refractivity contribution in [3.05, 3.63) is 53.7 Å². The standard InChI is InChI=1S/C22H27N5O2/c1-15-17(21-25-23-14-26(21)3)8-7-9-18(15)24-22(28)20-11-10-19(29-20)16(2)27-12-5-4-6-13-27/h7-11,14,16H,4-6,12-13H2,1-3H3,(H,24,28). The van der Waals surface area contributed by atoms with Gasteiger partial charge in [-0.15, -0.1) is 10.2 Å². The average molecular weight is 393 g/mol. The smallest absolute Gasteiger partial charge is 0.291 e. The number of nitrogens with zero attached hydrogens (tertiary/aromatic N) is 4. The molecule has 2 aromatic heterocycles. The van der Waals surface area contributed by atoms with Gasteiger partial charge in [0.15, 0.2) is 11.6 Å². The Balaban J connectivity index is 1.50. The van der Waals surface area contributed by atoms with Gasteiger partial charge in [0.1, 0.15) is 12.1 Å². The lowest BCUT2D eigenvalue weighted by Crippen LogP contribution is -2.32. The van der Waals surface area contributed by atoms with Gasteiger partial charge in [-0.25, -0.2) is 0 Å². The van der Waals surface area contributed by atoms with Crippen LogP contribution in [0.1, 0.15) is 54.1 Å². The summed E-state index contributed by atoms with van der Waals surface area (Å²) in [6, 6.07) is 9.61. The third-order valence-electron chi connectivity index (χ3n) is 5.73. The number of rotatable bonds is 5. The predicted molar refractivity (Wildman–Crippen MR) is 112 cm³/mol. The third-order valence-corrected chi connectivity index (χ3v) is 5.73. The normalized spacial score (nSPS) is 16.0. The summed E-state index contributed by atoms with van der Waals surface area (Å²) in [7, 11) is 1.90. The van der Waals surface area contributed by atoms with E-state index < -0.39 is 0 Å². The quantitative estimate of drug-likeness (QED) is 0.704. The van der Waals surface area contributed by atoms with Crippen LogP contribution in [-0.2, 0) is 7.05 Å². The number of nitrogens with one attached hydrogen (secondary N) is 1. The fourth-order valence-corrected chi connectivity index (χ4v) is 3.91. The summed E-state index contributed by atoms with van der Waals surface area (Å²) in [5.41, 5.74) is 2.60. The molecular weight excluding hydrogens is 366 g/mol. The number of aryl methyl sites for hydroxylation is 1. The molecule has 0 spiro atoms. The van der Waals surface area contributed by atoms with E-state index in [4.69, 9.17) is 4.42 Å². The molecular formula is C22H27N5O2. The Morgan fingerprint density at radius 3 is 2.69 bits per heavy atom. The first-order valence-corrected chi connectivity index (χ1v) is 10.1. The van der Waals surface area contributed by atoms with Gasteiger partial charge in [0.2, 0.25) is 0 Å². The van der Waals surface area contributed by atoms with Crippen molar-refractivity contribution in [2.75, 3.05) is 18.4 Å². The van der Waals surface area contributed by atoms with Gasteiger partial charge in [-0.05, 0) is 63.5 Å². The Kier molecular flexibility index (Phi) is 5.49. The molecule has 0 radical (unpaired) electrons. The van der Waals surface area contributed by atoms with Crippen LogP contribution < -0.4 is 5.32 Å². The van der Waals surface area contributed by atoms with Gasteiger partial charge in [0.05, 0.1) is 6.04 Å². The van der Waals surface area contributed by atoms with Crippen molar-refractivity contribution in [1.29, 1.82) is 0 Å². The lowest BCUT2D eigenvalue weighted by molar-refractivity contribution is 0.0987. The highest BCUT2D eigenvalue weighted by molar-refractivity contribution is 6.03. The molecule has 1 aliphatic heterocycles. The van der Waals surface area contributed by atoms with E-state index in [1.165, 1.54) is 19.3 Å². The minimum absolute atomic E-state index is 0.179. The number of carbonyl (C=O) groups is 1. The van der Waals surface area contributed by atoms with E-state index in [-0.39, 0.29) is 11.9 Å². The second-order valence-electron chi connectivity index (χ2n) is 7.67. The van der Waals surface area contributed by atoms with Crippen LogP contribution in [0, 0.1) is 6.92 Å². The number of benzene rings is 1. The summed E-state index contributed by atoms with van der Waals surface area (Å²) in [5, 5.41) is 11.1. The highest BCUT2D eigenvalue weighted by Crippen LogP contribution is 2.28. The Morgan fingerprint density at radius 2 is 1.97 bits per heavy atom. The van der Waals surface area contributed by atoms with Gasteiger partial charge >= 0.3 is 0 Å². The molecule has 3 heterocycles. The summed E-state index contributed by atoms with van der Waals surface area (Å²) >= 11 is 0. The Bertz CT molecular complexity index is 1000. The topological polar surface area (TPSA) is 76.2 Å². The Morgan fingerprint density at radius 1 is 1.17 bits per heavy atom. The number of likely N-dealkylation sites (tertiary alicyclic amines) is 1. The van der Waals surface area contributed by atoms with Gasteiger partial charge in [-0.1, -0.05) is 18.6 Å². The minimum atomic E-state index is -0.250. The van der Waals surface area contributed by atoms with Crippen LogP contribution in [0.3, 0.4) is 0 Å². The fraction of sp³-hybridized carbons (Fsp3) is 0.409. The van der Waals surface area contributed by atoms with E-state index in [1.807, 2.05) is 42.8 Å². The predicted octanol–water partition coefficient (Wildman–Crippen LogP) is 4.18. The molecule has 0 bridgehead atoms. The molecule has 152 valence electrons. The zero-order valence-corrected chi connectivity index (χ0v) is 17.2. The highest BCUT2D eigenvalue weighted by atomic mass is 16.4. The minimum Gasteiger partial charge on any atom is -0.454 e. The maximum absolute atomic E-state index is 12.8. The zero-order valence-electron chi connectivity index (χ0n) is 17.2. The van der Waals surface area contributed by atoms with Gasteiger partial charge in [0.25, 0.3) is 5.91 Å². The van der Waals surface area contributed by atoms with Crippen molar-refractivity contribution in [1.82, 2.24) is 19.7 Å². The van der Waals surface area contributed by atoms with Gasteiger partial charge in [0, 0.05) is 18.3 Å². The molecule has 1 atom stereocenters. The molecule has 0 saturated carbocycles. The van der Waals surface area contributed by atoms with E-state index in [0.29, 0.717) is 5.76 Å². The number of hydrogen-bond donors (Lipinski definition) is 1. The zero-order chi connectivity index (χ0) is 20.4. The Hall–Kier alpha value is -2.93. The van der Waals surface area contributed by atoms with Crippen molar-refractivity contribution in [3.8, 4) is 11.4 Å². The maximum Gasteiger partial charge on any atom is 0.291 e. The SMILES string of the molecule is Cc1c(NC(=O)c2ccc(C(C)N3CCCCC3)o2)cccc1-c1nncn1C. The molecule has 7 nitrogen and oxygen atoms in total. The van der Waals surface area contributed by atoms with Crippen molar-refractivity contribution >= 4 is 11.6 Å². The number of amides is 1. The summed E-state index contributed by atoms with van der Waals surface area (Å²) in [6.07, 6.45) is 5.40. The van der Waals surface area contributed by atoms with E-state index in [9.17, 15) is 4.79 Å². The van der Waals surface area contributed by atoms with Crippen LogP contribution in [0.5, 0.6) is 0 Å². The molecule has 1 fully saturated rings. The molecule has 0 aliphatic carbocycles. The van der Waals surface area contributed by atoms with Gasteiger partial charge in [-0.2, -0.15) is 0 Å².